The first-order valence-electron chi connectivity index (χ1n) is 5.88. The topological polar surface area (TPSA) is 21.3 Å². The number of nitrogens with one attached hydrogen (secondary N) is 1. The zero-order valence-corrected chi connectivity index (χ0v) is 9.58. The highest BCUT2D eigenvalue weighted by Crippen LogP contribution is 2.19. The molecule has 1 aromatic carbocycles. The molecule has 88 valence electrons. The fraction of sp³-hybridized carbons (Fsp3) is 0.538. The van der Waals surface area contributed by atoms with Gasteiger partial charge in [-0.15, -0.1) is 0 Å². The van der Waals surface area contributed by atoms with Gasteiger partial charge in [0.25, 0.3) is 0 Å². The van der Waals surface area contributed by atoms with Crippen LogP contribution >= 0.6 is 0 Å². The van der Waals surface area contributed by atoms with Crippen LogP contribution in [0.4, 0.5) is 10.1 Å². The van der Waals surface area contributed by atoms with Crippen LogP contribution in [0.3, 0.4) is 0 Å². The van der Waals surface area contributed by atoms with E-state index in [9.17, 15) is 4.39 Å². The van der Waals surface area contributed by atoms with Gasteiger partial charge in [-0.1, -0.05) is 6.07 Å². The van der Waals surface area contributed by atoms with Gasteiger partial charge in [-0.2, -0.15) is 0 Å². The fourth-order valence-corrected chi connectivity index (χ4v) is 2.15. The average Bonchev–Trinajstić information content (AvgIpc) is 2.70. The van der Waals surface area contributed by atoms with Crippen LogP contribution in [0.1, 0.15) is 26.2 Å². The van der Waals surface area contributed by atoms with Crippen LogP contribution < -0.4 is 5.32 Å². The van der Waals surface area contributed by atoms with Crippen LogP contribution in [-0.2, 0) is 4.74 Å². The van der Waals surface area contributed by atoms with Crippen molar-refractivity contribution < 1.29 is 9.13 Å². The van der Waals surface area contributed by atoms with Gasteiger partial charge in [0.15, 0.2) is 0 Å². The molecular formula is C13H18FNO. The van der Waals surface area contributed by atoms with E-state index in [0.29, 0.717) is 12.1 Å². The van der Waals surface area contributed by atoms with Gasteiger partial charge in [-0.3, -0.25) is 0 Å². The van der Waals surface area contributed by atoms with Gasteiger partial charge in [0, 0.05) is 18.3 Å². The molecule has 0 bridgehead atoms. The molecule has 0 radical (unpaired) electrons. The maximum absolute atomic E-state index is 13.0. The standard InChI is InChI=1S/C13H18FNO/c1-10(8-13-6-3-7-16-13)15-12-5-2-4-11(14)9-12/h2,4-5,9-10,13,15H,3,6-8H2,1H3. The molecule has 1 N–H and O–H groups in total. The molecule has 2 unspecified atom stereocenters. The van der Waals surface area contributed by atoms with Gasteiger partial charge >= 0.3 is 0 Å². The second-order valence-electron chi connectivity index (χ2n) is 4.43. The van der Waals surface area contributed by atoms with E-state index in [4.69, 9.17) is 4.74 Å². The Kier molecular flexibility index (Phi) is 3.78. The minimum atomic E-state index is -0.200. The summed E-state index contributed by atoms with van der Waals surface area (Å²) < 4.78 is 18.5. The molecule has 2 atom stereocenters. The summed E-state index contributed by atoms with van der Waals surface area (Å²) in [5.41, 5.74) is 0.838. The summed E-state index contributed by atoms with van der Waals surface area (Å²) in [6, 6.07) is 6.89. The van der Waals surface area contributed by atoms with Crippen LogP contribution in [0.15, 0.2) is 24.3 Å². The summed E-state index contributed by atoms with van der Waals surface area (Å²) in [5.74, 6) is -0.200. The lowest BCUT2D eigenvalue weighted by atomic mass is 10.1. The summed E-state index contributed by atoms with van der Waals surface area (Å²) >= 11 is 0. The number of halogens is 1. The van der Waals surface area contributed by atoms with Gasteiger partial charge < -0.3 is 10.1 Å². The first-order valence-corrected chi connectivity index (χ1v) is 5.88. The third kappa shape index (κ3) is 3.20. The highest BCUT2D eigenvalue weighted by Gasteiger charge is 2.18. The minimum absolute atomic E-state index is 0.200. The van der Waals surface area contributed by atoms with E-state index in [2.05, 4.69) is 12.2 Å². The van der Waals surface area contributed by atoms with Gasteiger partial charge in [-0.05, 0) is 44.4 Å². The molecule has 0 aromatic heterocycles. The number of ether oxygens (including phenoxy) is 1. The van der Waals surface area contributed by atoms with Crippen molar-refractivity contribution in [3.63, 3.8) is 0 Å². The zero-order chi connectivity index (χ0) is 11.4. The van der Waals surface area contributed by atoms with E-state index in [1.54, 1.807) is 6.07 Å². The highest BCUT2D eigenvalue weighted by molar-refractivity contribution is 5.43. The number of hydrogen-bond acceptors (Lipinski definition) is 2. The lowest BCUT2D eigenvalue weighted by Gasteiger charge is -2.18. The first-order chi connectivity index (χ1) is 7.74. The summed E-state index contributed by atoms with van der Waals surface area (Å²) in [5, 5.41) is 3.29. The molecule has 0 aliphatic carbocycles. The van der Waals surface area contributed by atoms with E-state index in [1.807, 2.05) is 6.07 Å². The van der Waals surface area contributed by atoms with Crippen LogP contribution in [-0.4, -0.2) is 18.8 Å². The number of anilines is 1. The Bertz CT molecular complexity index is 336. The van der Waals surface area contributed by atoms with Gasteiger partial charge in [0.05, 0.1) is 6.10 Å². The molecule has 1 aromatic rings. The van der Waals surface area contributed by atoms with Crippen molar-refractivity contribution in [1.82, 2.24) is 0 Å². The molecule has 0 saturated carbocycles. The van der Waals surface area contributed by atoms with Crippen LogP contribution in [0.25, 0.3) is 0 Å². The minimum Gasteiger partial charge on any atom is -0.382 e. The lowest BCUT2D eigenvalue weighted by Crippen LogP contribution is -2.22. The molecule has 3 heteroatoms. The molecule has 16 heavy (non-hydrogen) atoms. The van der Waals surface area contributed by atoms with E-state index in [-0.39, 0.29) is 5.82 Å². The SMILES string of the molecule is CC(CC1CCCO1)Nc1cccc(F)c1. The summed E-state index contributed by atoms with van der Waals surface area (Å²) in [6.07, 6.45) is 3.67. The van der Waals surface area contributed by atoms with Gasteiger partial charge in [0.2, 0.25) is 0 Å². The van der Waals surface area contributed by atoms with E-state index in [0.717, 1.165) is 31.6 Å². The predicted molar refractivity (Wildman–Crippen MR) is 63.1 cm³/mol. The molecule has 0 spiro atoms. The molecule has 1 aliphatic rings. The number of benzene rings is 1. The van der Waals surface area contributed by atoms with E-state index < -0.39 is 0 Å². The molecule has 2 nitrogen and oxygen atoms in total. The van der Waals surface area contributed by atoms with Crippen LogP contribution in [0, 0.1) is 5.82 Å². The second-order valence-corrected chi connectivity index (χ2v) is 4.43. The summed E-state index contributed by atoms with van der Waals surface area (Å²) in [7, 11) is 0. The Morgan fingerprint density at radius 3 is 3.12 bits per heavy atom. The predicted octanol–water partition coefficient (Wildman–Crippen LogP) is 3.20. The van der Waals surface area contributed by atoms with Crippen molar-refractivity contribution in [2.75, 3.05) is 11.9 Å². The van der Waals surface area contributed by atoms with E-state index >= 15 is 0 Å². The third-order valence-electron chi connectivity index (χ3n) is 2.88. The molecule has 1 fully saturated rings. The molecule has 1 saturated heterocycles. The largest absolute Gasteiger partial charge is 0.382 e. The zero-order valence-electron chi connectivity index (χ0n) is 9.58. The molecule has 1 heterocycles. The average molecular weight is 223 g/mol. The Morgan fingerprint density at radius 2 is 2.44 bits per heavy atom. The van der Waals surface area contributed by atoms with Crippen molar-refractivity contribution in [1.29, 1.82) is 0 Å². The van der Waals surface area contributed by atoms with Crippen molar-refractivity contribution in [3.8, 4) is 0 Å². The maximum atomic E-state index is 13.0. The first kappa shape index (κ1) is 11.4. The fourth-order valence-electron chi connectivity index (χ4n) is 2.15. The Labute approximate surface area is 95.8 Å². The van der Waals surface area contributed by atoms with Gasteiger partial charge in [0.1, 0.15) is 5.82 Å². The number of rotatable bonds is 4. The molecular weight excluding hydrogens is 205 g/mol. The van der Waals surface area contributed by atoms with Gasteiger partial charge in [-0.25, -0.2) is 4.39 Å². The molecule has 1 aliphatic heterocycles. The van der Waals surface area contributed by atoms with Crippen molar-refractivity contribution in [2.45, 2.75) is 38.3 Å². The smallest absolute Gasteiger partial charge is 0.125 e. The van der Waals surface area contributed by atoms with Crippen molar-refractivity contribution in [2.24, 2.45) is 0 Å². The molecule has 0 amide bonds. The van der Waals surface area contributed by atoms with Crippen LogP contribution in [0.2, 0.25) is 0 Å². The quantitative estimate of drug-likeness (QED) is 0.846. The molecule has 2 rings (SSSR count). The monoisotopic (exact) mass is 223 g/mol. The number of hydrogen-bond donors (Lipinski definition) is 1. The summed E-state index contributed by atoms with van der Waals surface area (Å²) in [6.45, 7) is 2.99. The maximum Gasteiger partial charge on any atom is 0.125 e. The summed E-state index contributed by atoms with van der Waals surface area (Å²) in [4.78, 5) is 0. The lowest BCUT2D eigenvalue weighted by molar-refractivity contribution is 0.101. The normalized spacial score (nSPS) is 22.0. The van der Waals surface area contributed by atoms with E-state index in [1.165, 1.54) is 12.1 Å². The van der Waals surface area contributed by atoms with Crippen LogP contribution in [0.5, 0.6) is 0 Å². The highest BCUT2D eigenvalue weighted by atomic mass is 19.1. The Morgan fingerprint density at radius 1 is 1.56 bits per heavy atom. The van der Waals surface area contributed by atoms with Crippen molar-refractivity contribution >= 4 is 5.69 Å². The third-order valence-corrected chi connectivity index (χ3v) is 2.88. The Hall–Kier alpha value is -1.09. The second kappa shape index (κ2) is 5.30. The Balaban J connectivity index is 1.84. The van der Waals surface area contributed by atoms with Crippen molar-refractivity contribution in [3.05, 3.63) is 30.1 Å².